The molecule has 4 nitrogen and oxygen atoms in total. The molecule has 1 N–H and O–H groups in total. The van der Waals surface area contributed by atoms with Crippen molar-refractivity contribution in [2.24, 2.45) is 5.92 Å². The fourth-order valence-electron chi connectivity index (χ4n) is 3.28. The number of H-pyrrole nitrogens is 1. The van der Waals surface area contributed by atoms with Crippen molar-refractivity contribution >= 4 is 23.4 Å². The van der Waals surface area contributed by atoms with Crippen molar-refractivity contribution in [1.82, 2.24) is 9.55 Å². The number of hydrogen-bond donors (Lipinski definition) is 1. The van der Waals surface area contributed by atoms with Crippen LogP contribution < -0.4 is 11.2 Å². The Bertz CT molecular complexity index is 598. The molecule has 0 amide bonds. The molecule has 1 aromatic heterocycles. The summed E-state index contributed by atoms with van der Waals surface area (Å²) < 4.78 is 1.37. The van der Waals surface area contributed by atoms with Gasteiger partial charge in [0.25, 0.3) is 5.56 Å². The maximum Gasteiger partial charge on any atom is 0.329 e. The van der Waals surface area contributed by atoms with E-state index in [0.717, 1.165) is 43.6 Å². The number of thioether (sulfide) groups is 1. The molecule has 2 fully saturated rings. The van der Waals surface area contributed by atoms with Crippen LogP contribution >= 0.6 is 23.4 Å². The first-order chi connectivity index (χ1) is 9.66. The molecule has 0 spiro atoms. The second kappa shape index (κ2) is 5.98. The molecule has 1 atom stereocenters. The van der Waals surface area contributed by atoms with E-state index in [9.17, 15) is 9.59 Å². The van der Waals surface area contributed by atoms with Crippen molar-refractivity contribution in [2.45, 2.75) is 44.6 Å². The molecule has 1 aliphatic heterocycles. The minimum absolute atomic E-state index is 0.164. The van der Waals surface area contributed by atoms with Gasteiger partial charge in [-0.25, -0.2) is 4.79 Å². The summed E-state index contributed by atoms with van der Waals surface area (Å²) in [6.07, 6.45) is 5.36. The average Bonchev–Trinajstić information content (AvgIpc) is 3.07. The van der Waals surface area contributed by atoms with Crippen molar-refractivity contribution in [3.63, 3.8) is 0 Å². The predicted octanol–water partition coefficient (Wildman–Crippen LogP) is 2.60. The van der Waals surface area contributed by atoms with Gasteiger partial charge in [-0.3, -0.25) is 14.3 Å². The van der Waals surface area contributed by atoms with Gasteiger partial charge >= 0.3 is 5.69 Å². The van der Waals surface area contributed by atoms with Crippen LogP contribution in [0.15, 0.2) is 9.59 Å². The first kappa shape index (κ1) is 14.3. The molecule has 1 aliphatic carbocycles. The molecule has 110 valence electrons. The minimum Gasteiger partial charge on any atom is -0.297 e. The van der Waals surface area contributed by atoms with Crippen LogP contribution in [0.3, 0.4) is 0 Å². The molecular formula is C14H19ClN2O2S. The van der Waals surface area contributed by atoms with Crippen molar-refractivity contribution in [3.8, 4) is 0 Å². The molecule has 0 radical (unpaired) electrons. The van der Waals surface area contributed by atoms with Gasteiger partial charge in [-0.2, -0.15) is 11.8 Å². The van der Waals surface area contributed by atoms with Gasteiger partial charge in [0.2, 0.25) is 0 Å². The van der Waals surface area contributed by atoms with Gasteiger partial charge in [-0.05, 0) is 42.6 Å². The number of hydrogen-bond acceptors (Lipinski definition) is 3. The number of halogens is 1. The zero-order valence-electron chi connectivity index (χ0n) is 11.4. The summed E-state index contributed by atoms with van der Waals surface area (Å²) in [7, 11) is 0. The van der Waals surface area contributed by atoms with Gasteiger partial charge in [-0.15, -0.1) is 0 Å². The van der Waals surface area contributed by atoms with Crippen LogP contribution in [0, 0.1) is 5.92 Å². The van der Waals surface area contributed by atoms with Crippen LogP contribution in [0.4, 0.5) is 0 Å². The highest BCUT2D eigenvalue weighted by molar-refractivity contribution is 7.99. The molecule has 3 rings (SSSR count). The van der Waals surface area contributed by atoms with Crippen molar-refractivity contribution in [3.05, 3.63) is 31.6 Å². The zero-order chi connectivity index (χ0) is 14.1. The normalized spacial score (nSPS) is 23.6. The number of rotatable bonds is 3. The van der Waals surface area contributed by atoms with Crippen LogP contribution in [0.2, 0.25) is 5.15 Å². The van der Waals surface area contributed by atoms with E-state index in [0.29, 0.717) is 18.0 Å². The second-order valence-corrected chi connectivity index (χ2v) is 7.31. The van der Waals surface area contributed by atoms with E-state index in [1.165, 1.54) is 4.57 Å². The van der Waals surface area contributed by atoms with Gasteiger partial charge in [0.1, 0.15) is 5.15 Å². The smallest absolute Gasteiger partial charge is 0.297 e. The van der Waals surface area contributed by atoms with E-state index < -0.39 is 0 Å². The van der Waals surface area contributed by atoms with E-state index in [2.05, 4.69) is 4.98 Å². The third-order valence-corrected chi connectivity index (χ3v) is 5.93. The van der Waals surface area contributed by atoms with Gasteiger partial charge in [-0.1, -0.05) is 24.4 Å². The molecule has 1 unspecified atom stereocenters. The molecule has 1 saturated heterocycles. The third kappa shape index (κ3) is 2.70. The molecule has 1 aromatic rings. The second-order valence-electron chi connectivity index (χ2n) is 5.78. The molecule has 0 aromatic carbocycles. The SMILES string of the molecule is O=c1[nH]c(Cl)c(C2CCCC2)c(=O)n1CC1CCSC1. The highest BCUT2D eigenvalue weighted by Gasteiger charge is 2.26. The highest BCUT2D eigenvalue weighted by atomic mass is 35.5. The monoisotopic (exact) mass is 314 g/mol. The Morgan fingerprint density at radius 2 is 2.00 bits per heavy atom. The molecule has 0 bridgehead atoms. The fourth-order valence-corrected chi connectivity index (χ4v) is 4.87. The lowest BCUT2D eigenvalue weighted by atomic mass is 10.0. The number of aromatic amines is 1. The van der Waals surface area contributed by atoms with E-state index in [-0.39, 0.29) is 22.3 Å². The Kier molecular flexibility index (Phi) is 4.26. The first-order valence-corrected chi connectivity index (χ1v) is 8.80. The Labute approximate surface area is 126 Å². The van der Waals surface area contributed by atoms with E-state index in [1.807, 2.05) is 11.8 Å². The largest absolute Gasteiger partial charge is 0.329 e. The summed E-state index contributed by atoms with van der Waals surface area (Å²) in [4.78, 5) is 27.3. The van der Waals surface area contributed by atoms with Gasteiger partial charge in [0, 0.05) is 6.54 Å². The van der Waals surface area contributed by atoms with E-state index in [1.54, 1.807) is 0 Å². The number of aromatic nitrogens is 2. The molecular weight excluding hydrogens is 296 g/mol. The van der Waals surface area contributed by atoms with Crippen molar-refractivity contribution < 1.29 is 0 Å². The van der Waals surface area contributed by atoms with E-state index >= 15 is 0 Å². The van der Waals surface area contributed by atoms with Gasteiger partial charge in [0.05, 0.1) is 5.56 Å². The lowest BCUT2D eigenvalue weighted by molar-refractivity contribution is 0.462. The summed E-state index contributed by atoms with van der Waals surface area (Å²) in [6, 6.07) is 0. The lowest BCUT2D eigenvalue weighted by Gasteiger charge is -2.15. The Hall–Kier alpha value is -0.680. The van der Waals surface area contributed by atoms with Crippen molar-refractivity contribution in [1.29, 1.82) is 0 Å². The maximum absolute atomic E-state index is 12.6. The quantitative estimate of drug-likeness (QED) is 0.873. The topological polar surface area (TPSA) is 54.9 Å². The molecule has 6 heteroatoms. The zero-order valence-corrected chi connectivity index (χ0v) is 12.9. The Balaban J connectivity index is 1.98. The van der Waals surface area contributed by atoms with Crippen LogP contribution in [0.1, 0.15) is 43.6 Å². The lowest BCUT2D eigenvalue weighted by Crippen LogP contribution is -2.39. The third-order valence-electron chi connectivity index (χ3n) is 4.40. The summed E-state index contributed by atoms with van der Waals surface area (Å²) in [5.74, 6) is 2.81. The van der Waals surface area contributed by atoms with Crippen molar-refractivity contribution in [2.75, 3.05) is 11.5 Å². The fraction of sp³-hybridized carbons (Fsp3) is 0.714. The summed E-state index contributed by atoms with van der Waals surface area (Å²) in [5, 5.41) is 0.254. The summed E-state index contributed by atoms with van der Waals surface area (Å²) in [5.41, 5.74) is 0.107. The maximum atomic E-state index is 12.6. The van der Waals surface area contributed by atoms with Gasteiger partial charge in [0.15, 0.2) is 0 Å². The molecule has 2 aliphatic rings. The van der Waals surface area contributed by atoms with Crippen LogP contribution in [0.5, 0.6) is 0 Å². The average molecular weight is 315 g/mol. The summed E-state index contributed by atoms with van der Waals surface area (Å²) in [6.45, 7) is 0.526. The van der Waals surface area contributed by atoms with Crippen LogP contribution in [-0.2, 0) is 6.54 Å². The highest BCUT2D eigenvalue weighted by Crippen LogP contribution is 2.34. The number of nitrogens with one attached hydrogen (secondary N) is 1. The molecule has 2 heterocycles. The van der Waals surface area contributed by atoms with Crippen LogP contribution in [-0.4, -0.2) is 21.1 Å². The molecule has 20 heavy (non-hydrogen) atoms. The predicted molar refractivity (Wildman–Crippen MR) is 83.0 cm³/mol. The van der Waals surface area contributed by atoms with Crippen LogP contribution in [0.25, 0.3) is 0 Å². The number of nitrogens with zero attached hydrogens (tertiary/aromatic N) is 1. The summed E-state index contributed by atoms with van der Waals surface area (Å²) >= 11 is 8.02. The standard InChI is InChI=1S/C14H19ClN2O2S/c15-12-11(10-3-1-2-4-10)13(18)17(14(19)16-12)7-9-5-6-20-8-9/h9-10H,1-8H2,(H,16,19). The Morgan fingerprint density at radius 1 is 1.25 bits per heavy atom. The minimum atomic E-state index is -0.362. The Morgan fingerprint density at radius 3 is 2.65 bits per heavy atom. The first-order valence-electron chi connectivity index (χ1n) is 7.27. The molecule has 1 saturated carbocycles. The van der Waals surface area contributed by atoms with Gasteiger partial charge < -0.3 is 0 Å². The van der Waals surface area contributed by atoms with E-state index in [4.69, 9.17) is 11.6 Å².